The molecule has 3 rings (SSSR count). The first-order valence-electron chi connectivity index (χ1n) is 5.96. The molecule has 2 heterocycles. The van der Waals surface area contributed by atoms with Gasteiger partial charge in [-0.1, -0.05) is 15.9 Å². The molecule has 0 bridgehead atoms. The van der Waals surface area contributed by atoms with Crippen molar-refractivity contribution in [3.05, 3.63) is 46.5 Å². The van der Waals surface area contributed by atoms with Crippen molar-refractivity contribution in [1.29, 1.82) is 0 Å². The summed E-state index contributed by atoms with van der Waals surface area (Å²) in [6, 6.07) is 6.48. The van der Waals surface area contributed by atoms with Gasteiger partial charge >= 0.3 is 0 Å². The lowest BCUT2D eigenvalue weighted by Gasteiger charge is -2.26. The predicted octanol–water partition coefficient (Wildman–Crippen LogP) is 2.79. The number of aromatic nitrogens is 2. The van der Waals surface area contributed by atoms with Crippen molar-refractivity contribution in [3.63, 3.8) is 0 Å². The van der Waals surface area contributed by atoms with Crippen molar-refractivity contribution < 1.29 is 4.74 Å². The van der Waals surface area contributed by atoms with Crippen molar-refractivity contribution >= 4 is 15.9 Å². The Labute approximate surface area is 114 Å². The van der Waals surface area contributed by atoms with Crippen LogP contribution in [0.5, 0.6) is 5.75 Å². The number of rotatable bonds is 3. The summed E-state index contributed by atoms with van der Waals surface area (Å²) in [6.45, 7) is 1.55. The van der Waals surface area contributed by atoms with E-state index < -0.39 is 0 Å². The average Bonchev–Trinajstić information content (AvgIpc) is 2.89. The number of aromatic amines is 1. The van der Waals surface area contributed by atoms with Gasteiger partial charge in [-0.15, -0.1) is 0 Å². The topological polar surface area (TPSA) is 49.9 Å². The lowest BCUT2D eigenvalue weighted by molar-refractivity contribution is 0.252. The smallest absolute Gasteiger partial charge is 0.124 e. The SMILES string of the molecule is Brc1ccc2c(c1)C(NCc1cnc[nH]1)CCO2. The lowest BCUT2D eigenvalue weighted by atomic mass is 10.0. The maximum absolute atomic E-state index is 5.66. The maximum Gasteiger partial charge on any atom is 0.124 e. The Morgan fingerprint density at radius 1 is 1.50 bits per heavy atom. The van der Waals surface area contributed by atoms with Crippen LogP contribution in [-0.2, 0) is 6.54 Å². The van der Waals surface area contributed by atoms with Gasteiger partial charge in [-0.2, -0.15) is 0 Å². The van der Waals surface area contributed by atoms with Gasteiger partial charge in [-0.05, 0) is 18.2 Å². The second kappa shape index (κ2) is 5.12. The summed E-state index contributed by atoms with van der Waals surface area (Å²) in [6.07, 6.45) is 4.53. The van der Waals surface area contributed by atoms with E-state index in [1.807, 2.05) is 18.3 Å². The number of benzene rings is 1. The molecule has 2 aromatic rings. The molecule has 0 saturated heterocycles. The van der Waals surface area contributed by atoms with E-state index in [2.05, 4.69) is 37.3 Å². The fourth-order valence-electron chi connectivity index (χ4n) is 2.19. The van der Waals surface area contributed by atoms with Crippen molar-refractivity contribution in [3.8, 4) is 5.75 Å². The molecule has 0 fully saturated rings. The van der Waals surface area contributed by atoms with Gasteiger partial charge in [-0.25, -0.2) is 4.98 Å². The van der Waals surface area contributed by atoms with Crippen LogP contribution in [0.3, 0.4) is 0 Å². The van der Waals surface area contributed by atoms with E-state index in [1.165, 1.54) is 5.56 Å². The van der Waals surface area contributed by atoms with Crippen LogP contribution in [0, 0.1) is 0 Å². The van der Waals surface area contributed by atoms with Crippen molar-refractivity contribution in [2.75, 3.05) is 6.61 Å². The Morgan fingerprint density at radius 3 is 3.28 bits per heavy atom. The Bertz CT molecular complexity index is 527. The monoisotopic (exact) mass is 307 g/mol. The van der Waals surface area contributed by atoms with E-state index in [4.69, 9.17) is 4.74 Å². The molecule has 0 radical (unpaired) electrons. The number of fused-ring (bicyclic) bond motifs is 1. The van der Waals surface area contributed by atoms with Gasteiger partial charge < -0.3 is 15.0 Å². The molecule has 0 spiro atoms. The molecular weight excluding hydrogens is 294 g/mol. The molecule has 1 aliphatic rings. The highest BCUT2D eigenvalue weighted by molar-refractivity contribution is 9.10. The number of hydrogen-bond donors (Lipinski definition) is 2. The Kier molecular flexibility index (Phi) is 3.34. The van der Waals surface area contributed by atoms with Crippen LogP contribution in [0.4, 0.5) is 0 Å². The number of imidazole rings is 1. The quantitative estimate of drug-likeness (QED) is 0.917. The number of halogens is 1. The van der Waals surface area contributed by atoms with Gasteiger partial charge in [0.25, 0.3) is 0 Å². The summed E-state index contributed by atoms with van der Waals surface area (Å²) < 4.78 is 6.75. The highest BCUT2D eigenvalue weighted by Gasteiger charge is 2.21. The van der Waals surface area contributed by atoms with Crippen LogP contribution in [-0.4, -0.2) is 16.6 Å². The number of H-pyrrole nitrogens is 1. The second-order valence-corrected chi connectivity index (χ2v) is 5.25. The van der Waals surface area contributed by atoms with Gasteiger partial charge in [0.05, 0.1) is 12.9 Å². The van der Waals surface area contributed by atoms with Crippen LogP contribution in [0.25, 0.3) is 0 Å². The number of nitrogens with zero attached hydrogens (tertiary/aromatic N) is 1. The zero-order valence-electron chi connectivity index (χ0n) is 9.82. The van der Waals surface area contributed by atoms with Crippen LogP contribution in [0.1, 0.15) is 23.7 Å². The largest absolute Gasteiger partial charge is 0.493 e. The molecule has 1 aromatic heterocycles. The molecule has 4 nitrogen and oxygen atoms in total. The second-order valence-electron chi connectivity index (χ2n) is 4.33. The molecule has 1 aromatic carbocycles. The van der Waals surface area contributed by atoms with E-state index in [-0.39, 0.29) is 0 Å². The summed E-state index contributed by atoms with van der Waals surface area (Å²) in [5.74, 6) is 0.978. The molecule has 0 saturated carbocycles. The van der Waals surface area contributed by atoms with Crippen LogP contribution >= 0.6 is 15.9 Å². The normalized spacial score (nSPS) is 18.2. The third-order valence-electron chi connectivity index (χ3n) is 3.11. The maximum atomic E-state index is 5.66. The molecule has 0 aliphatic carbocycles. The van der Waals surface area contributed by atoms with Crippen LogP contribution < -0.4 is 10.1 Å². The molecule has 94 valence electrons. The lowest BCUT2D eigenvalue weighted by Crippen LogP contribution is -2.26. The molecule has 1 atom stereocenters. The van der Waals surface area contributed by atoms with Crippen LogP contribution in [0.15, 0.2) is 35.2 Å². The number of ether oxygens (including phenoxy) is 1. The predicted molar refractivity (Wildman–Crippen MR) is 72.4 cm³/mol. The molecule has 1 aliphatic heterocycles. The zero-order valence-corrected chi connectivity index (χ0v) is 11.4. The summed E-state index contributed by atoms with van der Waals surface area (Å²) in [7, 11) is 0. The first-order chi connectivity index (χ1) is 8.83. The number of hydrogen-bond acceptors (Lipinski definition) is 3. The van der Waals surface area contributed by atoms with Crippen molar-refractivity contribution in [1.82, 2.24) is 15.3 Å². The van der Waals surface area contributed by atoms with Gasteiger partial charge in [0.15, 0.2) is 0 Å². The first-order valence-corrected chi connectivity index (χ1v) is 6.75. The van der Waals surface area contributed by atoms with Gasteiger partial charge in [0, 0.05) is 40.9 Å². The van der Waals surface area contributed by atoms with Gasteiger partial charge in [-0.3, -0.25) is 0 Å². The van der Waals surface area contributed by atoms with Crippen molar-refractivity contribution in [2.24, 2.45) is 0 Å². The van der Waals surface area contributed by atoms with Crippen molar-refractivity contribution in [2.45, 2.75) is 19.0 Å². The van der Waals surface area contributed by atoms with E-state index in [0.717, 1.165) is 35.5 Å². The number of nitrogens with one attached hydrogen (secondary N) is 2. The Balaban J connectivity index is 1.76. The highest BCUT2D eigenvalue weighted by Crippen LogP contribution is 2.34. The van der Waals surface area contributed by atoms with Crippen LogP contribution in [0.2, 0.25) is 0 Å². The highest BCUT2D eigenvalue weighted by atomic mass is 79.9. The summed E-state index contributed by atoms with van der Waals surface area (Å²) >= 11 is 3.51. The summed E-state index contributed by atoms with van der Waals surface area (Å²) in [5, 5.41) is 3.54. The van der Waals surface area contributed by atoms with E-state index in [1.54, 1.807) is 6.33 Å². The van der Waals surface area contributed by atoms with Gasteiger partial charge in [0.2, 0.25) is 0 Å². The Hall–Kier alpha value is -1.33. The molecule has 18 heavy (non-hydrogen) atoms. The van der Waals surface area contributed by atoms with E-state index >= 15 is 0 Å². The average molecular weight is 308 g/mol. The molecule has 2 N–H and O–H groups in total. The third-order valence-corrected chi connectivity index (χ3v) is 3.60. The fourth-order valence-corrected chi connectivity index (χ4v) is 2.57. The molecular formula is C13H14BrN3O. The third kappa shape index (κ3) is 2.42. The van der Waals surface area contributed by atoms with Gasteiger partial charge in [0.1, 0.15) is 5.75 Å². The minimum Gasteiger partial charge on any atom is -0.493 e. The minimum absolute atomic E-state index is 0.328. The minimum atomic E-state index is 0.328. The molecule has 1 unspecified atom stereocenters. The Morgan fingerprint density at radius 2 is 2.44 bits per heavy atom. The molecule has 5 heteroatoms. The first kappa shape index (κ1) is 11.7. The summed E-state index contributed by atoms with van der Waals surface area (Å²) in [5.41, 5.74) is 2.31. The van der Waals surface area contributed by atoms with E-state index in [9.17, 15) is 0 Å². The standard InChI is InChI=1S/C13H14BrN3O/c14-9-1-2-13-11(5-9)12(3-4-18-13)16-7-10-6-15-8-17-10/h1-2,5-6,8,12,16H,3-4,7H2,(H,15,17). The van der Waals surface area contributed by atoms with E-state index in [0.29, 0.717) is 6.04 Å². The summed E-state index contributed by atoms with van der Waals surface area (Å²) in [4.78, 5) is 7.11. The zero-order chi connectivity index (χ0) is 12.4. The molecule has 0 amide bonds. The fraction of sp³-hybridized carbons (Fsp3) is 0.308.